The number of aryl methyl sites for hydroxylation is 2. The molecule has 3 aromatic rings. The number of carbonyl (C=O) groups is 2. The lowest BCUT2D eigenvalue weighted by Crippen LogP contribution is -2.56. The number of nitro groups is 1. The molecule has 0 atom stereocenters. The van der Waals surface area contributed by atoms with Crippen molar-refractivity contribution >= 4 is 46.6 Å². The Bertz CT molecular complexity index is 1430. The van der Waals surface area contributed by atoms with Crippen LogP contribution in [0.3, 0.4) is 0 Å². The number of non-ortho nitro benzene ring substituents is 1. The Morgan fingerprint density at radius 2 is 1.69 bits per heavy atom. The topological polar surface area (TPSA) is 88.7 Å². The number of carbonyl (C=O) groups excluding carboxylic acids is 2. The number of hydrogen-bond acceptors (Lipinski definition) is 5. The van der Waals surface area contributed by atoms with E-state index < -0.39 is 16.7 Å². The summed E-state index contributed by atoms with van der Waals surface area (Å²) < 4.78 is 1.96. The number of benzene rings is 2. The van der Waals surface area contributed by atoms with Gasteiger partial charge in [0, 0.05) is 35.8 Å². The second-order valence-electron chi connectivity index (χ2n) is 8.66. The number of nitrogens with zero attached hydrogens (tertiary/aromatic N) is 4. The molecule has 0 N–H and O–H groups in total. The highest BCUT2D eigenvalue weighted by Gasteiger charge is 2.40. The minimum absolute atomic E-state index is 0.0208. The number of rotatable bonds is 6. The Kier molecular flexibility index (Phi) is 6.85. The standard InChI is InChI=1S/C27H26N4O4S/c1-5-13-28-25(32)23(26(33)30(27(28)36)21-9-7-6-8-10-21)16-20-15-18(3)29(19(20)4)24-12-11-22(31(34)35)14-17(24)2/h6-12,14-16H,5,13H2,1-4H3/b23-16+. The number of hydrogen-bond donors (Lipinski definition) is 0. The van der Waals surface area contributed by atoms with Crippen LogP contribution in [-0.2, 0) is 9.59 Å². The Balaban J connectivity index is 1.82. The fraction of sp³-hybridized carbons (Fsp3) is 0.222. The van der Waals surface area contributed by atoms with E-state index in [4.69, 9.17) is 12.2 Å². The lowest BCUT2D eigenvalue weighted by molar-refractivity contribution is -0.384. The first-order valence-electron chi connectivity index (χ1n) is 11.6. The molecule has 1 saturated heterocycles. The van der Waals surface area contributed by atoms with Crippen molar-refractivity contribution in [3.8, 4) is 5.69 Å². The maximum Gasteiger partial charge on any atom is 0.270 e. The van der Waals surface area contributed by atoms with Gasteiger partial charge in [-0.1, -0.05) is 25.1 Å². The van der Waals surface area contributed by atoms with Gasteiger partial charge in [-0.3, -0.25) is 29.5 Å². The summed E-state index contributed by atoms with van der Waals surface area (Å²) in [5.74, 6) is -0.893. The third-order valence-corrected chi connectivity index (χ3v) is 6.60. The average Bonchev–Trinajstić information content (AvgIpc) is 3.12. The highest BCUT2D eigenvalue weighted by atomic mass is 32.1. The van der Waals surface area contributed by atoms with E-state index in [1.54, 1.807) is 24.3 Å². The number of nitro benzene ring substituents is 1. The molecule has 1 aromatic heterocycles. The van der Waals surface area contributed by atoms with Crippen LogP contribution < -0.4 is 4.90 Å². The first-order chi connectivity index (χ1) is 17.1. The number of para-hydroxylation sites is 1. The molecule has 2 amide bonds. The van der Waals surface area contributed by atoms with Gasteiger partial charge in [0.15, 0.2) is 5.11 Å². The number of amides is 2. The highest BCUT2D eigenvalue weighted by molar-refractivity contribution is 7.80. The lowest BCUT2D eigenvalue weighted by Gasteiger charge is -2.36. The van der Waals surface area contributed by atoms with E-state index in [0.717, 1.165) is 22.6 Å². The fourth-order valence-corrected chi connectivity index (χ4v) is 4.83. The summed E-state index contributed by atoms with van der Waals surface area (Å²) >= 11 is 5.56. The summed E-state index contributed by atoms with van der Waals surface area (Å²) in [6.07, 6.45) is 2.30. The molecule has 36 heavy (non-hydrogen) atoms. The molecule has 9 heteroatoms. The van der Waals surface area contributed by atoms with Crippen molar-refractivity contribution in [2.45, 2.75) is 34.1 Å². The molecular formula is C27H26N4O4S. The predicted octanol–water partition coefficient (Wildman–Crippen LogP) is 5.26. The zero-order valence-electron chi connectivity index (χ0n) is 20.5. The molecule has 1 fully saturated rings. The van der Waals surface area contributed by atoms with Crippen LogP contribution in [0.25, 0.3) is 11.8 Å². The van der Waals surface area contributed by atoms with Crippen molar-refractivity contribution in [1.29, 1.82) is 0 Å². The van der Waals surface area contributed by atoms with Gasteiger partial charge in [-0.2, -0.15) is 0 Å². The lowest BCUT2D eigenvalue weighted by atomic mass is 10.1. The van der Waals surface area contributed by atoms with E-state index >= 15 is 0 Å². The molecule has 0 aliphatic carbocycles. The summed E-state index contributed by atoms with van der Waals surface area (Å²) in [4.78, 5) is 40.6. The van der Waals surface area contributed by atoms with Crippen LogP contribution in [-0.4, -0.2) is 37.9 Å². The first kappa shape index (κ1) is 25.0. The smallest absolute Gasteiger partial charge is 0.270 e. The van der Waals surface area contributed by atoms with Crippen LogP contribution in [0.15, 0.2) is 60.2 Å². The summed E-state index contributed by atoms with van der Waals surface area (Å²) in [5.41, 5.74) is 4.56. The van der Waals surface area contributed by atoms with Crippen molar-refractivity contribution in [3.05, 3.63) is 92.8 Å². The summed E-state index contributed by atoms with van der Waals surface area (Å²) in [6, 6.07) is 15.6. The van der Waals surface area contributed by atoms with Gasteiger partial charge in [0.1, 0.15) is 5.57 Å². The van der Waals surface area contributed by atoms with Crippen LogP contribution >= 0.6 is 12.2 Å². The second kappa shape index (κ2) is 9.87. The van der Waals surface area contributed by atoms with E-state index in [2.05, 4.69) is 0 Å². The van der Waals surface area contributed by atoms with Gasteiger partial charge in [-0.05, 0) is 80.9 Å². The minimum Gasteiger partial charge on any atom is -0.318 e. The number of anilines is 1. The van der Waals surface area contributed by atoms with E-state index in [-0.39, 0.29) is 16.4 Å². The number of aromatic nitrogens is 1. The average molecular weight is 503 g/mol. The van der Waals surface area contributed by atoms with Crippen LogP contribution in [0.2, 0.25) is 0 Å². The van der Waals surface area contributed by atoms with E-state index in [0.29, 0.717) is 24.2 Å². The molecule has 184 valence electrons. The normalized spacial score (nSPS) is 15.2. The molecule has 0 spiro atoms. The molecule has 0 radical (unpaired) electrons. The summed E-state index contributed by atoms with van der Waals surface area (Å²) in [5, 5.41) is 11.3. The van der Waals surface area contributed by atoms with Crippen molar-refractivity contribution < 1.29 is 14.5 Å². The van der Waals surface area contributed by atoms with Crippen molar-refractivity contribution in [3.63, 3.8) is 0 Å². The molecule has 2 aromatic carbocycles. The van der Waals surface area contributed by atoms with Crippen molar-refractivity contribution in [2.75, 3.05) is 11.4 Å². The van der Waals surface area contributed by atoms with Gasteiger partial charge in [0.05, 0.1) is 10.6 Å². The monoisotopic (exact) mass is 502 g/mol. The van der Waals surface area contributed by atoms with Crippen molar-refractivity contribution in [2.24, 2.45) is 0 Å². The van der Waals surface area contributed by atoms with Gasteiger partial charge < -0.3 is 4.57 Å². The third-order valence-electron chi connectivity index (χ3n) is 6.20. The molecule has 0 unspecified atom stereocenters. The summed E-state index contributed by atoms with van der Waals surface area (Å²) in [7, 11) is 0. The Hall–Kier alpha value is -4.11. The molecule has 1 aliphatic rings. The van der Waals surface area contributed by atoms with Gasteiger partial charge in [0.2, 0.25) is 0 Å². The molecule has 0 saturated carbocycles. The highest BCUT2D eigenvalue weighted by Crippen LogP contribution is 2.30. The molecule has 8 nitrogen and oxygen atoms in total. The van der Waals surface area contributed by atoms with Crippen molar-refractivity contribution in [1.82, 2.24) is 9.47 Å². The summed E-state index contributed by atoms with van der Waals surface area (Å²) in [6.45, 7) is 7.96. The van der Waals surface area contributed by atoms with E-state index in [9.17, 15) is 19.7 Å². The maximum atomic E-state index is 13.6. The predicted molar refractivity (Wildman–Crippen MR) is 143 cm³/mol. The maximum absolute atomic E-state index is 13.6. The minimum atomic E-state index is -0.472. The van der Waals surface area contributed by atoms with Gasteiger partial charge in [0.25, 0.3) is 17.5 Å². The third kappa shape index (κ3) is 4.33. The zero-order chi connectivity index (χ0) is 26.1. The Morgan fingerprint density at radius 3 is 2.31 bits per heavy atom. The fourth-order valence-electron chi connectivity index (χ4n) is 4.46. The molecule has 0 bridgehead atoms. The van der Waals surface area contributed by atoms with E-state index in [1.807, 2.05) is 56.5 Å². The largest absolute Gasteiger partial charge is 0.318 e. The van der Waals surface area contributed by atoms with Crippen LogP contribution in [0, 0.1) is 30.9 Å². The van der Waals surface area contributed by atoms with Crippen LogP contribution in [0.4, 0.5) is 11.4 Å². The van der Waals surface area contributed by atoms with Crippen LogP contribution in [0.5, 0.6) is 0 Å². The Labute approximate surface area is 214 Å². The zero-order valence-corrected chi connectivity index (χ0v) is 21.3. The Morgan fingerprint density at radius 1 is 1.00 bits per heavy atom. The van der Waals surface area contributed by atoms with Crippen LogP contribution in [0.1, 0.15) is 35.9 Å². The van der Waals surface area contributed by atoms with Gasteiger partial charge in [-0.15, -0.1) is 0 Å². The number of thiocarbonyl (C=S) groups is 1. The van der Waals surface area contributed by atoms with E-state index in [1.165, 1.54) is 21.9 Å². The first-order valence-corrected chi connectivity index (χ1v) is 12.0. The molecular weight excluding hydrogens is 476 g/mol. The molecule has 2 heterocycles. The van der Waals surface area contributed by atoms with Gasteiger partial charge >= 0.3 is 0 Å². The molecule has 1 aliphatic heterocycles. The molecule has 4 rings (SSSR count). The second-order valence-corrected chi connectivity index (χ2v) is 9.03. The van der Waals surface area contributed by atoms with Gasteiger partial charge in [-0.25, -0.2) is 0 Å². The quantitative estimate of drug-likeness (QED) is 0.151. The SMILES string of the molecule is CCCN1C(=O)/C(=C\c2cc(C)n(-c3ccc([N+](=O)[O-])cc3C)c2C)C(=O)N(c2ccccc2)C1=S.